The van der Waals surface area contributed by atoms with Gasteiger partial charge in [-0.3, -0.25) is 4.79 Å². The molecule has 8 heteroatoms. The van der Waals surface area contributed by atoms with Gasteiger partial charge in [-0.15, -0.1) is 0 Å². The number of aromatic nitrogens is 2. The Morgan fingerprint density at radius 1 is 1.09 bits per heavy atom. The summed E-state index contributed by atoms with van der Waals surface area (Å²) in [6.45, 7) is 2.21. The highest BCUT2D eigenvalue weighted by atomic mass is 32.2. The maximum atomic E-state index is 13.1. The quantitative estimate of drug-likeness (QED) is 0.386. The van der Waals surface area contributed by atoms with Crippen LogP contribution in [0.15, 0.2) is 78.0 Å². The van der Waals surface area contributed by atoms with E-state index in [-0.39, 0.29) is 22.7 Å². The number of sulfone groups is 1. The zero-order valence-electron chi connectivity index (χ0n) is 19.5. The summed E-state index contributed by atoms with van der Waals surface area (Å²) >= 11 is 0. The molecule has 1 fully saturated rings. The lowest BCUT2D eigenvalue weighted by Crippen LogP contribution is -2.18. The van der Waals surface area contributed by atoms with Crippen molar-refractivity contribution in [2.75, 3.05) is 5.32 Å². The van der Waals surface area contributed by atoms with Crippen LogP contribution >= 0.6 is 0 Å². The van der Waals surface area contributed by atoms with Crippen LogP contribution in [0.2, 0.25) is 0 Å². The molecule has 0 radical (unpaired) electrons. The number of para-hydroxylation sites is 1. The molecule has 35 heavy (non-hydrogen) atoms. The summed E-state index contributed by atoms with van der Waals surface area (Å²) in [4.78, 5) is 17.9. The number of fused-ring (bicyclic) bond motifs is 1. The second kappa shape index (κ2) is 9.54. The number of aryl methyl sites for hydroxylation is 1. The van der Waals surface area contributed by atoms with E-state index in [1.54, 1.807) is 42.5 Å². The van der Waals surface area contributed by atoms with Crippen molar-refractivity contribution in [1.29, 1.82) is 0 Å². The molecule has 1 aliphatic rings. The molecule has 1 N–H and O–H groups in total. The van der Waals surface area contributed by atoms with Crippen LogP contribution in [0, 0.1) is 6.92 Å². The average Bonchev–Trinajstić information content (AvgIpc) is 3.54. The molecule has 0 spiro atoms. The summed E-state index contributed by atoms with van der Waals surface area (Å²) in [7, 11) is -3.41. The second-order valence-electron chi connectivity index (χ2n) is 8.87. The number of pyridine rings is 1. The van der Waals surface area contributed by atoms with Gasteiger partial charge in [0.1, 0.15) is 18.0 Å². The summed E-state index contributed by atoms with van der Waals surface area (Å²) < 4.78 is 33.8. The SMILES string of the molecule is Cc1cccn2cc(COc3ccccc3C(=O)Nc3cccc(S(=O)(=O)C4CCCC4)c3)nc12. The monoisotopic (exact) mass is 489 g/mol. The lowest BCUT2D eigenvalue weighted by atomic mass is 10.2. The van der Waals surface area contributed by atoms with Gasteiger partial charge in [-0.2, -0.15) is 0 Å². The number of nitrogens with zero attached hydrogens (tertiary/aromatic N) is 2. The Morgan fingerprint density at radius 2 is 1.89 bits per heavy atom. The first-order valence-electron chi connectivity index (χ1n) is 11.7. The van der Waals surface area contributed by atoms with Crippen molar-refractivity contribution in [2.45, 2.75) is 49.4 Å². The van der Waals surface area contributed by atoms with Gasteiger partial charge in [0, 0.05) is 18.1 Å². The largest absolute Gasteiger partial charge is 0.486 e. The van der Waals surface area contributed by atoms with Gasteiger partial charge in [-0.05, 0) is 61.7 Å². The van der Waals surface area contributed by atoms with Gasteiger partial charge in [0.15, 0.2) is 9.84 Å². The maximum absolute atomic E-state index is 13.1. The molecule has 0 bridgehead atoms. The van der Waals surface area contributed by atoms with Gasteiger partial charge >= 0.3 is 0 Å². The number of carbonyl (C=O) groups excluding carboxylic acids is 1. The lowest BCUT2D eigenvalue weighted by Gasteiger charge is -2.14. The summed E-state index contributed by atoms with van der Waals surface area (Å²) in [6, 6.07) is 17.4. The van der Waals surface area contributed by atoms with Gasteiger partial charge in [0.05, 0.1) is 21.4 Å². The van der Waals surface area contributed by atoms with Crippen molar-refractivity contribution < 1.29 is 17.9 Å². The number of anilines is 1. The molecule has 0 saturated heterocycles. The summed E-state index contributed by atoms with van der Waals surface area (Å²) in [5.74, 6) is 0.0513. The van der Waals surface area contributed by atoms with E-state index < -0.39 is 9.84 Å². The van der Waals surface area contributed by atoms with E-state index in [0.29, 0.717) is 29.8 Å². The third-order valence-corrected chi connectivity index (χ3v) is 8.66. The van der Waals surface area contributed by atoms with Crippen molar-refractivity contribution in [3.8, 4) is 5.75 Å². The fourth-order valence-electron chi connectivity index (χ4n) is 4.55. The number of benzene rings is 2. The van der Waals surface area contributed by atoms with Crippen LogP contribution in [0.25, 0.3) is 5.65 Å². The Labute approximate surface area is 204 Å². The molecular weight excluding hydrogens is 462 g/mol. The van der Waals surface area contributed by atoms with E-state index in [2.05, 4.69) is 10.3 Å². The van der Waals surface area contributed by atoms with Gasteiger partial charge in [-0.25, -0.2) is 13.4 Å². The number of hydrogen-bond donors (Lipinski definition) is 1. The van der Waals surface area contributed by atoms with Gasteiger partial charge < -0.3 is 14.5 Å². The van der Waals surface area contributed by atoms with E-state index >= 15 is 0 Å². The zero-order valence-corrected chi connectivity index (χ0v) is 20.3. The fraction of sp³-hybridized carbons (Fsp3) is 0.259. The normalized spacial score (nSPS) is 14.3. The third kappa shape index (κ3) is 4.79. The molecular formula is C27H27N3O4S. The van der Waals surface area contributed by atoms with E-state index in [1.165, 1.54) is 6.07 Å². The van der Waals surface area contributed by atoms with Crippen LogP contribution < -0.4 is 10.1 Å². The van der Waals surface area contributed by atoms with Crippen molar-refractivity contribution in [3.05, 3.63) is 89.9 Å². The first kappa shape index (κ1) is 23.1. The number of hydrogen-bond acceptors (Lipinski definition) is 5. The van der Waals surface area contributed by atoms with Gasteiger partial charge in [-0.1, -0.05) is 37.1 Å². The highest BCUT2D eigenvalue weighted by molar-refractivity contribution is 7.92. The van der Waals surface area contributed by atoms with E-state index in [1.807, 2.05) is 35.9 Å². The Balaban J connectivity index is 1.32. The van der Waals surface area contributed by atoms with Crippen LogP contribution in [-0.4, -0.2) is 29.0 Å². The number of ether oxygens (including phenoxy) is 1. The fourth-order valence-corrected chi connectivity index (χ4v) is 6.44. The predicted octanol–water partition coefficient (Wildman–Crippen LogP) is 5.19. The highest BCUT2D eigenvalue weighted by Gasteiger charge is 2.30. The minimum absolute atomic E-state index is 0.209. The number of rotatable bonds is 7. The molecule has 1 saturated carbocycles. The molecule has 4 aromatic rings. The van der Waals surface area contributed by atoms with E-state index in [4.69, 9.17) is 4.74 Å². The summed E-state index contributed by atoms with van der Waals surface area (Å²) in [5.41, 5.74) is 3.47. The first-order valence-corrected chi connectivity index (χ1v) is 13.3. The minimum Gasteiger partial charge on any atom is -0.486 e. The molecule has 2 aromatic carbocycles. The zero-order chi connectivity index (χ0) is 24.4. The van der Waals surface area contributed by atoms with E-state index in [0.717, 1.165) is 29.7 Å². The van der Waals surface area contributed by atoms with Crippen molar-refractivity contribution in [3.63, 3.8) is 0 Å². The lowest BCUT2D eigenvalue weighted by molar-refractivity contribution is 0.102. The Hall–Kier alpha value is -3.65. The molecule has 2 heterocycles. The summed E-state index contributed by atoms with van der Waals surface area (Å²) in [5, 5.41) is 2.48. The van der Waals surface area contributed by atoms with Gasteiger partial charge in [0.25, 0.3) is 5.91 Å². The van der Waals surface area contributed by atoms with Gasteiger partial charge in [0.2, 0.25) is 0 Å². The molecule has 0 unspecified atom stereocenters. The van der Waals surface area contributed by atoms with Crippen molar-refractivity contribution in [1.82, 2.24) is 9.38 Å². The highest BCUT2D eigenvalue weighted by Crippen LogP contribution is 2.31. The standard InChI is InChI=1S/C27H27N3O4S/c1-19-8-7-15-30-17-21(28-26(19)30)18-34-25-14-5-4-13-24(25)27(31)29-20-9-6-12-23(16-20)35(32,33)22-10-2-3-11-22/h4-9,12-17,22H,2-3,10-11,18H2,1H3,(H,29,31). The van der Waals surface area contributed by atoms with Crippen LogP contribution in [-0.2, 0) is 16.4 Å². The first-order chi connectivity index (χ1) is 16.9. The summed E-state index contributed by atoms with van der Waals surface area (Å²) in [6.07, 6.45) is 7.09. The van der Waals surface area contributed by atoms with Crippen LogP contribution in [0.1, 0.15) is 47.3 Å². The topological polar surface area (TPSA) is 89.8 Å². The Morgan fingerprint density at radius 3 is 2.69 bits per heavy atom. The number of imidazole rings is 1. The molecule has 2 aromatic heterocycles. The number of nitrogens with one attached hydrogen (secondary N) is 1. The predicted molar refractivity (Wildman–Crippen MR) is 135 cm³/mol. The third-order valence-electron chi connectivity index (χ3n) is 6.40. The molecule has 5 rings (SSSR count). The average molecular weight is 490 g/mol. The Bertz CT molecular complexity index is 1490. The van der Waals surface area contributed by atoms with Crippen molar-refractivity contribution >= 4 is 27.1 Å². The molecule has 0 atom stereocenters. The van der Waals surface area contributed by atoms with Crippen LogP contribution in [0.4, 0.5) is 5.69 Å². The molecule has 1 amide bonds. The van der Waals surface area contributed by atoms with E-state index in [9.17, 15) is 13.2 Å². The maximum Gasteiger partial charge on any atom is 0.259 e. The van der Waals surface area contributed by atoms with Crippen LogP contribution in [0.3, 0.4) is 0 Å². The second-order valence-corrected chi connectivity index (χ2v) is 11.1. The van der Waals surface area contributed by atoms with Crippen molar-refractivity contribution in [2.24, 2.45) is 0 Å². The molecule has 1 aliphatic carbocycles. The molecule has 0 aliphatic heterocycles. The minimum atomic E-state index is -3.41. The smallest absolute Gasteiger partial charge is 0.259 e. The van der Waals surface area contributed by atoms with Crippen LogP contribution in [0.5, 0.6) is 5.75 Å². The number of carbonyl (C=O) groups is 1. The number of amides is 1. The molecule has 180 valence electrons. The molecule has 7 nitrogen and oxygen atoms in total. The Kier molecular flexibility index (Phi) is 6.30.